The Balaban J connectivity index is 2.10. The second-order valence-electron chi connectivity index (χ2n) is 3.70. The third kappa shape index (κ3) is 3.41. The van der Waals surface area contributed by atoms with Crippen LogP contribution in [-0.4, -0.2) is 9.97 Å². The number of rotatable bonds is 3. The highest BCUT2D eigenvalue weighted by Gasteiger charge is 2.30. The molecule has 0 fully saturated rings. The number of ether oxygens (including phenoxy) is 1. The van der Waals surface area contributed by atoms with Crippen molar-refractivity contribution in [3.8, 4) is 11.8 Å². The molecule has 0 amide bonds. The number of nitrogens with zero attached hydrogens (tertiary/aromatic N) is 2. The van der Waals surface area contributed by atoms with Gasteiger partial charge in [0.1, 0.15) is 5.75 Å². The van der Waals surface area contributed by atoms with Gasteiger partial charge in [-0.1, -0.05) is 0 Å². The monoisotopic (exact) mass is 269 g/mol. The van der Waals surface area contributed by atoms with Gasteiger partial charge in [-0.3, -0.25) is 0 Å². The molecule has 100 valence electrons. The highest BCUT2D eigenvalue weighted by molar-refractivity contribution is 5.30. The summed E-state index contributed by atoms with van der Waals surface area (Å²) in [7, 11) is 0. The Labute approximate surface area is 107 Å². The average molecular weight is 269 g/mol. The van der Waals surface area contributed by atoms with Crippen LogP contribution in [0.4, 0.5) is 13.2 Å². The molecule has 0 saturated carbocycles. The molecule has 1 aromatic heterocycles. The van der Waals surface area contributed by atoms with E-state index in [1.54, 1.807) is 0 Å². The fraction of sp³-hybridized carbons (Fsp3) is 0.167. The molecule has 2 rings (SSSR count). The highest BCUT2D eigenvalue weighted by atomic mass is 19.4. The number of hydrogen-bond acceptors (Lipinski definition) is 4. The van der Waals surface area contributed by atoms with E-state index in [2.05, 4.69) is 9.97 Å². The maximum Gasteiger partial charge on any atom is 0.416 e. The molecule has 0 unspecified atom stereocenters. The SMILES string of the molecule is NCc1cnc(Oc2ccc(C(F)(F)F)cc2)nc1. The quantitative estimate of drug-likeness (QED) is 0.930. The van der Waals surface area contributed by atoms with E-state index in [1.165, 1.54) is 24.5 Å². The van der Waals surface area contributed by atoms with Crippen molar-refractivity contribution in [2.75, 3.05) is 0 Å². The molecule has 1 heterocycles. The van der Waals surface area contributed by atoms with Crippen LogP contribution in [0.5, 0.6) is 11.8 Å². The summed E-state index contributed by atoms with van der Waals surface area (Å²) >= 11 is 0. The van der Waals surface area contributed by atoms with Crippen LogP contribution in [-0.2, 0) is 12.7 Å². The van der Waals surface area contributed by atoms with Crippen LogP contribution < -0.4 is 10.5 Å². The Morgan fingerprint density at radius 1 is 1.05 bits per heavy atom. The smallest absolute Gasteiger partial charge is 0.416 e. The minimum Gasteiger partial charge on any atom is -0.424 e. The summed E-state index contributed by atoms with van der Waals surface area (Å²) in [6.07, 6.45) is -1.38. The van der Waals surface area contributed by atoms with Crippen molar-refractivity contribution < 1.29 is 17.9 Å². The van der Waals surface area contributed by atoms with Crippen LogP contribution >= 0.6 is 0 Å². The first-order valence-electron chi connectivity index (χ1n) is 5.35. The molecule has 0 aliphatic heterocycles. The second kappa shape index (κ2) is 5.23. The Morgan fingerprint density at radius 2 is 1.63 bits per heavy atom. The second-order valence-corrected chi connectivity index (χ2v) is 3.70. The lowest BCUT2D eigenvalue weighted by molar-refractivity contribution is -0.137. The summed E-state index contributed by atoms with van der Waals surface area (Å²) in [6, 6.07) is 4.34. The third-order valence-corrected chi connectivity index (χ3v) is 2.31. The maximum absolute atomic E-state index is 12.4. The number of hydrogen-bond donors (Lipinski definition) is 1. The zero-order valence-corrected chi connectivity index (χ0v) is 9.69. The van der Waals surface area contributed by atoms with Crippen molar-refractivity contribution in [1.82, 2.24) is 9.97 Å². The lowest BCUT2D eigenvalue weighted by atomic mass is 10.2. The largest absolute Gasteiger partial charge is 0.424 e. The summed E-state index contributed by atoms with van der Waals surface area (Å²) < 4.78 is 42.3. The summed E-state index contributed by atoms with van der Waals surface area (Å²) in [5.41, 5.74) is 5.38. The van der Waals surface area contributed by atoms with E-state index < -0.39 is 11.7 Å². The molecule has 1 aromatic carbocycles. The predicted octanol–water partition coefficient (Wildman–Crippen LogP) is 2.75. The zero-order valence-electron chi connectivity index (χ0n) is 9.69. The minimum atomic E-state index is -4.36. The molecule has 0 atom stereocenters. The van der Waals surface area contributed by atoms with Gasteiger partial charge in [-0.05, 0) is 24.3 Å². The van der Waals surface area contributed by atoms with E-state index in [0.717, 1.165) is 17.7 Å². The van der Waals surface area contributed by atoms with Gasteiger partial charge in [-0.25, -0.2) is 9.97 Å². The first kappa shape index (κ1) is 13.3. The van der Waals surface area contributed by atoms with Gasteiger partial charge in [0.25, 0.3) is 0 Å². The van der Waals surface area contributed by atoms with Crippen LogP contribution in [0, 0.1) is 0 Å². The molecule has 4 nitrogen and oxygen atoms in total. The first-order chi connectivity index (χ1) is 8.99. The van der Waals surface area contributed by atoms with Crippen molar-refractivity contribution in [2.45, 2.75) is 12.7 Å². The molecular weight excluding hydrogens is 259 g/mol. The Morgan fingerprint density at radius 3 is 2.11 bits per heavy atom. The van der Waals surface area contributed by atoms with Crippen molar-refractivity contribution in [1.29, 1.82) is 0 Å². The predicted molar refractivity (Wildman–Crippen MR) is 61.4 cm³/mol. The Kier molecular flexibility index (Phi) is 3.66. The van der Waals surface area contributed by atoms with E-state index in [0.29, 0.717) is 6.54 Å². The zero-order chi connectivity index (χ0) is 13.9. The van der Waals surface area contributed by atoms with Crippen LogP contribution in [0.1, 0.15) is 11.1 Å². The molecule has 7 heteroatoms. The van der Waals surface area contributed by atoms with Crippen LogP contribution in [0.15, 0.2) is 36.7 Å². The number of aromatic nitrogens is 2. The first-order valence-corrected chi connectivity index (χ1v) is 5.35. The molecule has 2 aromatic rings. The summed E-state index contributed by atoms with van der Waals surface area (Å²) in [6.45, 7) is 0.306. The molecule has 0 bridgehead atoms. The van der Waals surface area contributed by atoms with Gasteiger partial charge in [-0.2, -0.15) is 13.2 Å². The fourth-order valence-electron chi connectivity index (χ4n) is 1.32. The number of benzene rings is 1. The number of nitrogens with two attached hydrogens (primary N) is 1. The molecular formula is C12H10F3N3O. The number of alkyl halides is 3. The van der Waals surface area contributed by atoms with E-state index in [9.17, 15) is 13.2 Å². The minimum absolute atomic E-state index is 0.0527. The van der Waals surface area contributed by atoms with Gasteiger partial charge < -0.3 is 10.5 Å². The van der Waals surface area contributed by atoms with Gasteiger partial charge in [0, 0.05) is 24.5 Å². The fourth-order valence-corrected chi connectivity index (χ4v) is 1.32. The molecule has 0 aliphatic carbocycles. The van der Waals surface area contributed by atoms with Crippen molar-refractivity contribution in [2.24, 2.45) is 5.73 Å². The average Bonchev–Trinajstić information content (AvgIpc) is 2.39. The van der Waals surface area contributed by atoms with Gasteiger partial charge >= 0.3 is 12.2 Å². The van der Waals surface area contributed by atoms with Gasteiger partial charge in [0.15, 0.2) is 0 Å². The van der Waals surface area contributed by atoms with E-state index in [1.807, 2.05) is 0 Å². The van der Waals surface area contributed by atoms with Gasteiger partial charge in [0.2, 0.25) is 0 Å². The third-order valence-electron chi connectivity index (χ3n) is 2.31. The van der Waals surface area contributed by atoms with Crippen LogP contribution in [0.25, 0.3) is 0 Å². The van der Waals surface area contributed by atoms with Crippen molar-refractivity contribution in [3.63, 3.8) is 0 Å². The summed E-state index contributed by atoms with van der Waals surface area (Å²) in [5, 5.41) is 0. The van der Waals surface area contributed by atoms with E-state index >= 15 is 0 Å². The molecule has 0 aliphatic rings. The standard InChI is InChI=1S/C12H10F3N3O/c13-12(14,15)9-1-3-10(4-2-9)19-11-17-6-8(5-16)7-18-11/h1-4,6-7H,5,16H2. The van der Waals surface area contributed by atoms with Crippen LogP contribution in [0.2, 0.25) is 0 Å². The van der Waals surface area contributed by atoms with E-state index in [-0.39, 0.29) is 11.8 Å². The molecule has 0 radical (unpaired) electrons. The topological polar surface area (TPSA) is 61.0 Å². The Bertz CT molecular complexity index is 538. The number of halogens is 3. The van der Waals surface area contributed by atoms with Crippen molar-refractivity contribution in [3.05, 3.63) is 47.8 Å². The molecule has 0 saturated heterocycles. The lowest BCUT2D eigenvalue weighted by Gasteiger charge is -2.08. The lowest BCUT2D eigenvalue weighted by Crippen LogP contribution is -2.04. The summed E-state index contributed by atoms with van der Waals surface area (Å²) in [4.78, 5) is 7.76. The summed E-state index contributed by atoms with van der Waals surface area (Å²) in [5.74, 6) is 0.230. The normalized spacial score (nSPS) is 11.4. The molecule has 19 heavy (non-hydrogen) atoms. The highest BCUT2D eigenvalue weighted by Crippen LogP contribution is 2.30. The van der Waals surface area contributed by atoms with E-state index in [4.69, 9.17) is 10.5 Å². The van der Waals surface area contributed by atoms with Crippen LogP contribution in [0.3, 0.4) is 0 Å². The van der Waals surface area contributed by atoms with Crippen molar-refractivity contribution >= 4 is 0 Å². The van der Waals surface area contributed by atoms with Gasteiger partial charge in [0.05, 0.1) is 5.56 Å². The Hall–Kier alpha value is -2.15. The van der Waals surface area contributed by atoms with Gasteiger partial charge in [-0.15, -0.1) is 0 Å². The molecule has 0 spiro atoms. The molecule has 2 N–H and O–H groups in total. The maximum atomic E-state index is 12.4.